The van der Waals surface area contributed by atoms with E-state index in [-0.39, 0.29) is 11.6 Å². The van der Waals surface area contributed by atoms with Crippen LogP contribution >= 0.6 is 0 Å². The molecule has 0 bridgehead atoms. The van der Waals surface area contributed by atoms with Crippen LogP contribution in [0.4, 0.5) is 5.69 Å². The summed E-state index contributed by atoms with van der Waals surface area (Å²) in [5.41, 5.74) is 5.58. The average molecular weight is 332 g/mol. The quantitative estimate of drug-likeness (QED) is 0.746. The molecule has 25 heavy (non-hydrogen) atoms. The van der Waals surface area contributed by atoms with E-state index in [1.54, 1.807) is 0 Å². The van der Waals surface area contributed by atoms with Crippen molar-refractivity contribution in [2.45, 2.75) is 13.8 Å². The maximum atomic E-state index is 10.6. The highest BCUT2D eigenvalue weighted by molar-refractivity contribution is 6.30. The van der Waals surface area contributed by atoms with E-state index in [1.165, 1.54) is 5.56 Å². The Balaban J connectivity index is 1.81. The summed E-state index contributed by atoms with van der Waals surface area (Å²) in [7, 11) is 1.92. The van der Waals surface area contributed by atoms with Gasteiger partial charge in [0.15, 0.2) is 0 Å². The van der Waals surface area contributed by atoms with Gasteiger partial charge in [0, 0.05) is 12.7 Å². The molecule has 2 heterocycles. The summed E-state index contributed by atoms with van der Waals surface area (Å²) in [4.78, 5) is 6.48. The van der Waals surface area contributed by atoms with E-state index >= 15 is 0 Å². The lowest BCUT2D eigenvalue weighted by molar-refractivity contribution is 0.411. The predicted octanol–water partition coefficient (Wildman–Crippen LogP) is 3.96. The molecule has 0 fully saturated rings. The van der Waals surface area contributed by atoms with Crippen molar-refractivity contribution in [3.05, 3.63) is 65.2 Å². The normalized spacial score (nSPS) is 14.8. The Morgan fingerprint density at radius 2 is 1.84 bits per heavy atom. The molecule has 0 amide bonds. The van der Waals surface area contributed by atoms with Crippen LogP contribution in [0.25, 0.3) is 16.6 Å². The van der Waals surface area contributed by atoms with Crippen LogP contribution in [0.15, 0.2) is 48.2 Å². The van der Waals surface area contributed by atoms with E-state index in [1.807, 2.05) is 59.8 Å². The molecule has 5 nitrogen and oxygen atoms in total. The molecule has 0 atom stereocenters. The van der Waals surface area contributed by atoms with Gasteiger partial charge in [0.2, 0.25) is 0 Å². The highest BCUT2D eigenvalue weighted by Gasteiger charge is 2.32. The maximum Gasteiger partial charge on any atom is 0.148 e. The number of benzene rings is 2. The van der Waals surface area contributed by atoms with E-state index in [4.69, 9.17) is 5.41 Å². The molecule has 126 valence electrons. The molecule has 2 aromatic carbocycles. The molecule has 0 saturated heterocycles. The zero-order valence-corrected chi connectivity index (χ0v) is 14.5. The zero-order valence-electron chi connectivity index (χ0n) is 14.5. The van der Waals surface area contributed by atoms with Gasteiger partial charge in [-0.2, -0.15) is 0 Å². The minimum atomic E-state index is 0.185. The second kappa shape index (κ2) is 5.48. The average Bonchev–Trinajstić information content (AvgIpc) is 3.07. The molecule has 5 heteroatoms. The molecule has 0 radical (unpaired) electrons. The summed E-state index contributed by atoms with van der Waals surface area (Å²) in [5.74, 6) is 1.09. The van der Waals surface area contributed by atoms with Gasteiger partial charge in [0.25, 0.3) is 0 Å². The van der Waals surface area contributed by atoms with Crippen molar-refractivity contribution >= 4 is 28.1 Å². The second-order valence-electron chi connectivity index (χ2n) is 6.46. The second-order valence-corrected chi connectivity index (χ2v) is 6.46. The van der Waals surface area contributed by atoms with Crippen LogP contribution in [-0.4, -0.2) is 27.0 Å². The number of nitrogens with one attached hydrogen (secondary N) is 1. The highest BCUT2D eigenvalue weighted by atomic mass is 16.3. The van der Waals surface area contributed by atoms with Gasteiger partial charge < -0.3 is 14.6 Å². The SMILES string of the molecule is Cc1cccc(N2CC(O)=C(c3nc4ccccc4n3C)C2=N)c1C. The number of para-hydroxylation sites is 2. The van der Waals surface area contributed by atoms with Gasteiger partial charge in [-0.25, -0.2) is 4.98 Å². The van der Waals surface area contributed by atoms with Crippen LogP contribution in [0.5, 0.6) is 0 Å². The number of aromatic nitrogens is 2. The van der Waals surface area contributed by atoms with Gasteiger partial charge in [0.05, 0.1) is 23.2 Å². The Morgan fingerprint density at radius 1 is 1.08 bits per heavy atom. The highest BCUT2D eigenvalue weighted by Crippen LogP contribution is 2.34. The lowest BCUT2D eigenvalue weighted by Gasteiger charge is -2.22. The number of amidine groups is 1. The first-order valence-corrected chi connectivity index (χ1v) is 8.25. The number of hydrogen-bond donors (Lipinski definition) is 2. The number of fused-ring (bicyclic) bond motifs is 1. The molecule has 3 aromatic rings. The summed E-state index contributed by atoms with van der Waals surface area (Å²) in [6, 6.07) is 13.9. The van der Waals surface area contributed by atoms with E-state index in [2.05, 4.69) is 18.0 Å². The number of aliphatic hydroxyl groups is 1. The fraction of sp³-hybridized carbons (Fsp3) is 0.200. The maximum absolute atomic E-state index is 10.6. The predicted molar refractivity (Wildman–Crippen MR) is 101 cm³/mol. The summed E-state index contributed by atoms with van der Waals surface area (Å²) in [6.07, 6.45) is 0. The van der Waals surface area contributed by atoms with Crippen molar-refractivity contribution in [2.24, 2.45) is 7.05 Å². The van der Waals surface area contributed by atoms with Gasteiger partial charge in [-0.05, 0) is 43.2 Å². The Morgan fingerprint density at radius 3 is 2.60 bits per heavy atom. The van der Waals surface area contributed by atoms with E-state index < -0.39 is 0 Å². The fourth-order valence-corrected chi connectivity index (χ4v) is 3.42. The largest absolute Gasteiger partial charge is 0.509 e. The third kappa shape index (κ3) is 2.23. The molecule has 0 unspecified atom stereocenters. The zero-order chi connectivity index (χ0) is 17.7. The van der Waals surface area contributed by atoms with Crippen molar-refractivity contribution in [3.8, 4) is 0 Å². The van der Waals surface area contributed by atoms with Gasteiger partial charge in [-0.3, -0.25) is 5.41 Å². The Labute approximate surface area is 146 Å². The summed E-state index contributed by atoms with van der Waals surface area (Å²) >= 11 is 0. The molecule has 1 aromatic heterocycles. The third-order valence-corrected chi connectivity index (χ3v) is 4.98. The van der Waals surface area contributed by atoms with E-state index in [0.717, 1.165) is 22.3 Å². The minimum Gasteiger partial charge on any atom is -0.509 e. The number of nitrogens with zero attached hydrogens (tertiary/aromatic N) is 3. The Bertz CT molecular complexity index is 1050. The molecule has 1 aliphatic heterocycles. The van der Waals surface area contributed by atoms with Crippen molar-refractivity contribution in [3.63, 3.8) is 0 Å². The molecule has 4 rings (SSSR count). The van der Waals surface area contributed by atoms with Crippen LogP contribution in [0.2, 0.25) is 0 Å². The number of anilines is 1. The number of aryl methyl sites for hydroxylation is 2. The standard InChI is InChI=1S/C20H20N4O/c1-12-7-6-10-15(13(12)2)24-11-17(25)18(19(24)21)20-22-14-8-4-5-9-16(14)23(20)3/h4-10,21,25H,11H2,1-3H3. The van der Waals surface area contributed by atoms with Gasteiger partial charge in [0.1, 0.15) is 17.4 Å². The third-order valence-electron chi connectivity index (χ3n) is 4.98. The minimum absolute atomic E-state index is 0.185. The lowest BCUT2D eigenvalue weighted by atomic mass is 10.1. The van der Waals surface area contributed by atoms with Crippen LogP contribution in [0, 0.1) is 19.3 Å². The first-order valence-electron chi connectivity index (χ1n) is 8.25. The number of aliphatic hydroxyl groups excluding tert-OH is 1. The molecule has 0 saturated carbocycles. The van der Waals surface area contributed by atoms with Gasteiger partial charge in [-0.1, -0.05) is 24.3 Å². The van der Waals surface area contributed by atoms with E-state index in [0.29, 0.717) is 17.9 Å². The molecular weight excluding hydrogens is 312 g/mol. The number of imidazole rings is 1. The number of rotatable bonds is 2. The lowest BCUT2D eigenvalue weighted by Crippen LogP contribution is -2.27. The van der Waals surface area contributed by atoms with Crippen LogP contribution in [-0.2, 0) is 7.05 Å². The van der Waals surface area contributed by atoms with Crippen molar-refractivity contribution < 1.29 is 5.11 Å². The Hall–Kier alpha value is -3.08. The van der Waals surface area contributed by atoms with Crippen molar-refractivity contribution in [1.82, 2.24) is 9.55 Å². The fourth-order valence-electron chi connectivity index (χ4n) is 3.42. The molecule has 0 spiro atoms. The molecular formula is C20H20N4O. The smallest absolute Gasteiger partial charge is 0.148 e. The van der Waals surface area contributed by atoms with Crippen LogP contribution < -0.4 is 4.90 Å². The first-order chi connectivity index (χ1) is 12.0. The van der Waals surface area contributed by atoms with Crippen molar-refractivity contribution in [2.75, 3.05) is 11.4 Å². The number of hydrogen-bond acceptors (Lipinski definition) is 3. The van der Waals surface area contributed by atoms with Crippen LogP contribution in [0.3, 0.4) is 0 Å². The monoisotopic (exact) mass is 332 g/mol. The van der Waals surface area contributed by atoms with Crippen LogP contribution in [0.1, 0.15) is 17.0 Å². The Kier molecular flexibility index (Phi) is 3.39. The molecule has 0 aliphatic carbocycles. The summed E-state index contributed by atoms with van der Waals surface area (Å²) < 4.78 is 1.93. The van der Waals surface area contributed by atoms with Gasteiger partial charge >= 0.3 is 0 Å². The van der Waals surface area contributed by atoms with Gasteiger partial charge in [-0.15, -0.1) is 0 Å². The summed E-state index contributed by atoms with van der Waals surface area (Å²) in [6.45, 7) is 4.39. The summed E-state index contributed by atoms with van der Waals surface area (Å²) in [5, 5.41) is 19.3. The molecule has 1 aliphatic rings. The van der Waals surface area contributed by atoms with Crippen molar-refractivity contribution in [1.29, 1.82) is 5.41 Å². The first kappa shape index (κ1) is 15.4. The van der Waals surface area contributed by atoms with E-state index in [9.17, 15) is 5.11 Å². The molecule has 2 N–H and O–H groups in total. The topological polar surface area (TPSA) is 65.1 Å².